The molecule has 0 aliphatic carbocycles. The molecule has 1 aliphatic rings. The van der Waals surface area contributed by atoms with Gasteiger partial charge in [-0.05, 0) is 52.0 Å². The van der Waals surface area contributed by atoms with E-state index in [1.165, 1.54) is 13.0 Å². The number of nitrogens with zero attached hydrogens (tertiary/aromatic N) is 1. The summed E-state index contributed by atoms with van der Waals surface area (Å²) >= 11 is 0. The molecule has 0 bridgehead atoms. The molecular formula is C24H30FN4O9P. The Kier molecular flexibility index (Phi) is 8.14. The number of aliphatic hydroxyl groups excluding tert-OH is 1. The highest BCUT2D eigenvalue weighted by Crippen LogP contribution is 2.47. The Hall–Kier alpha value is -3.29. The lowest BCUT2D eigenvalue weighted by atomic mass is 9.98. The third-order valence-corrected chi connectivity index (χ3v) is 7.68. The third kappa shape index (κ3) is 6.31. The van der Waals surface area contributed by atoms with E-state index < -0.39 is 67.8 Å². The van der Waals surface area contributed by atoms with Crippen LogP contribution in [0.15, 0.2) is 52.3 Å². The van der Waals surface area contributed by atoms with Crippen LogP contribution in [0.25, 0.3) is 10.9 Å². The number of esters is 1. The maximum atomic E-state index is 15.5. The molecule has 1 saturated heterocycles. The van der Waals surface area contributed by atoms with E-state index in [4.69, 9.17) is 18.5 Å². The number of fused-ring (bicyclic) bond motifs is 1. The second-order valence-electron chi connectivity index (χ2n) is 9.59. The smallest absolute Gasteiger partial charge is 0.459 e. The van der Waals surface area contributed by atoms with Gasteiger partial charge in [-0.1, -0.05) is 0 Å². The summed E-state index contributed by atoms with van der Waals surface area (Å²) in [4.78, 5) is 41.0. The highest BCUT2D eigenvalue weighted by molar-refractivity contribution is 7.52. The zero-order valence-corrected chi connectivity index (χ0v) is 22.5. The van der Waals surface area contributed by atoms with Gasteiger partial charge in [-0.25, -0.2) is 13.8 Å². The molecule has 1 unspecified atom stereocenters. The number of rotatable bonds is 10. The molecule has 0 saturated carbocycles. The van der Waals surface area contributed by atoms with Crippen LogP contribution in [0, 0.1) is 0 Å². The molecular weight excluding hydrogens is 538 g/mol. The van der Waals surface area contributed by atoms with Gasteiger partial charge in [-0.3, -0.25) is 23.7 Å². The van der Waals surface area contributed by atoms with E-state index in [0.29, 0.717) is 0 Å². The molecule has 4 rings (SSSR count). The summed E-state index contributed by atoms with van der Waals surface area (Å²) in [5.41, 5.74) is -3.34. The number of hydrogen-bond acceptors (Lipinski definition) is 9. The maximum Gasteiger partial charge on any atom is 0.459 e. The number of benzene rings is 1. The van der Waals surface area contributed by atoms with Crippen molar-refractivity contribution in [2.75, 3.05) is 6.61 Å². The van der Waals surface area contributed by atoms with E-state index in [0.717, 1.165) is 34.7 Å². The zero-order chi connectivity index (χ0) is 28.5. The lowest BCUT2D eigenvalue weighted by molar-refractivity contribution is -0.149. The summed E-state index contributed by atoms with van der Waals surface area (Å²) in [7, 11) is -4.37. The minimum absolute atomic E-state index is 0.142. The summed E-state index contributed by atoms with van der Waals surface area (Å²) in [6.07, 6.45) is -2.55. The van der Waals surface area contributed by atoms with Crippen molar-refractivity contribution in [3.8, 4) is 5.75 Å². The number of nitrogens with one attached hydrogen (secondary N) is 3. The Morgan fingerprint density at radius 1 is 1.28 bits per heavy atom. The molecule has 13 nitrogen and oxygen atoms in total. The molecule has 0 radical (unpaired) electrons. The lowest BCUT2D eigenvalue weighted by Gasteiger charge is -2.25. The minimum atomic E-state index is -4.37. The Morgan fingerprint density at radius 3 is 2.72 bits per heavy atom. The molecule has 39 heavy (non-hydrogen) atoms. The van der Waals surface area contributed by atoms with Gasteiger partial charge < -0.3 is 24.1 Å². The quantitative estimate of drug-likeness (QED) is 0.210. The van der Waals surface area contributed by atoms with Crippen LogP contribution in [-0.4, -0.2) is 62.2 Å². The highest BCUT2D eigenvalue weighted by atomic mass is 31.2. The second-order valence-corrected chi connectivity index (χ2v) is 11.3. The number of alkyl halides is 1. The fraction of sp³-hybridized carbons (Fsp3) is 0.458. The molecule has 1 aliphatic heterocycles. The first-order chi connectivity index (χ1) is 18.3. The van der Waals surface area contributed by atoms with Gasteiger partial charge >= 0.3 is 19.4 Å². The van der Waals surface area contributed by atoms with Crippen LogP contribution < -0.4 is 20.9 Å². The second kappa shape index (κ2) is 11.1. The first-order valence-electron chi connectivity index (χ1n) is 12.1. The Labute approximate surface area is 221 Å². The average molecular weight is 568 g/mol. The summed E-state index contributed by atoms with van der Waals surface area (Å²) < 4.78 is 52.1. The van der Waals surface area contributed by atoms with Crippen molar-refractivity contribution in [1.82, 2.24) is 19.6 Å². The van der Waals surface area contributed by atoms with Gasteiger partial charge in [0.25, 0.3) is 5.56 Å². The number of carbonyl (C=O) groups is 1. The summed E-state index contributed by atoms with van der Waals surface area (Å²) in [5, 5.41) is 13.9. The van der Waals surface area contributed by atoms with Crippen molar-refractivity contribution in [3.63, 3.8) is 0 Å². The first-order valence-corrected chi connectivity index (χ1v) is 13.7. The van der Waals surface area contributed by atoms with Gasteiger partial charge in [0, 0.05) is 29.4 Å². The molecule has 4 N–H and O–H groups in total. The topological polar surface area (TPSA) is 174 Å². The Bertz CT molecular complexity index is 1500. The van der Waals surface area contributed by atoms with Gasteiger partial charge in [-0.15, -0.1) is 0 Å². The summed E-state index contributed by atoms with van der Waals surface area (Å²) in [6.45, 7) is 5.07. The molecule has 6 atom stereocenters. The fourth-order valence-corrected chi connectivity index (χ4v) is 5.57. The van der Waals surface area contributed by atoms with E-state index in [-0.39, 0.29) is 5.75 Å². The van der Waals surface area contributed by atoms with Gasteiger partial charge in [-0.2, -0.15) is 5.09 Å². The molecule has 1 aromatic carbocycles. The SMILES string of the molecule is CC(C)OC(=O)[C@H](C)NP(=O)(OC[C@H]1O[C@@H](n2ccc(=O)[nH]c2=O)[C@](C)(F)[C@@H]1O)Oc1ccc2[nH]ccc2c1. The number of hydrogen-bond donors (Lipinski definition) is 4. The minimum Gasteiger partial charge on any atom is -0.462 e. The van der Waals surface area contributed by atoms with Gasteiger partial charge in [0.1, 0.15) is 24.0 Å². The Balaban J connectivity index is 1.56. The van der Waals surface area contributed by atoms with E-state index in [2.05, 4.69) is 10.1 Å². The first kappa shape index (κ1) is 28.7. The van der Waals surface area contributed by atoms with Crippen LogP contribution in [0.2, 0.25) is 0 Å². The maximum absolute atomic E-state index is 15.5. The van der Waals surface area contributed by atoms with Crippen LogP contribution in [-0.2, 0) is 23.4 Å². The molecule has 0 amide bonds. The predicted octanol–water partition coefficient (Wildman–Crippen LogP) is 2.14. The summed E-state index contributed by atoms with van der Waals surface area (Å²) in [5.74, 6) is -0.576. The van der Waals surface area contributed by atoms with Crippen LogP contribution in [0.3, 0.4) is 0 Å². The van der Waals surface area contributed by atoms with E-state index in [9.17, 15) is 24.1 Å². The molecule has 0 spiro atoms. The molecule has 2 aromatic heterocycles. The lowest BCUT2D eigenvalue weighted by Crippen LogP contribution is -2.43. The third-order valence-electron chi connectivity index (χ3n) is 6.04. The van der Waals surface area contributed by atoms with Crippen molar-refractivity contribution < 1.29 is 37.4 Å². The predicted molar refractivity (Wildman–Crippen MR) is 137 cm³/mol. The van der Waals surface area contributed by atoms with E-state index >= 15 is 4.39 Å². The van der Waals surface area contributed by atoms with Gasteiger partial charge in [0.15, 0.2) is 11.9 Å². The molecule has 15 heteroatoms. The van der Waals surface area contributed by atoms with Crippen molar-refractivity contribution in [2.24, 2.45) is 0 Å². The van der Waals surface area contributed by atoms with Crippen molar-refractivity contribution in [1.29, 1.82) is 0 Å². The summed E-state index contributed by atoms with van der Waals surface area (Å²) in [6, 6.07) is 6.46. The standard InChI is InChI=1S/C24H30FN4O9P/c1-13(2)36-21(32)14(3)28-39(34,38-16-5-6-17-15(11-16)7-9-26-17)35-12-18-20(31)24(4,25)22(37-18)29-10-8-19(30)27-23(29)33/h5-11,13-14,18,20,22,26,31H,12H2,1-4H3,(H,28,34)(H,27,30,33)/t14-,18+,20+,22+,24+,39?/m0/s1. The van der Waals surface area contributed by atoms with Crippen molar-refractivity contribution >= 4 is 24.6 Å². The van der Waals surface area contributed by atoms with Crippen LogP contribution >= 0.6 is 7.75 Å². The number of ether oxygens (including phenoxy) is 2. The number of halogens is 1. The average Bonchev–Trinajstić information content (AvgIpc) is 3.39. The van der Waals surface area contributed by atoms with E-state index in [1.54, 1.807) is 38.2 Å². The number of aliphatic hydroxyl groups is 1. The number of aromatic nitrogens is 3. The molecule has 3 heterocycles. The normalized spacial score (nSPS) is 25.5. The number of H-pyrrole nitrogens is 2. The Morgan fingerprint density at radius 2 is 2.03 bits per heavy atom. The molecule has 3 aromatic rings. The largest absolute Gasteiger partial charge is 0.462 e. The van der Waals surface area contributed by atoms with Crippen LogP contribution in [0.4, 0.5) is 4.39 Å². The highest BCUT2D eigenvalue weighted by Gasteiger charge is 2.56. The number of aromatic amines is 2. The molecule has 212 valence electrons. The van der Waals surface area contributed by atoms with Crippen LogP contribution in [0.5, 0.6) is 5.75 Å². The van der Waals surface area contributed by atoms with Crippen LogP contribution in [0.1, 0.15) is 33.9 Å². The van der Waals surface area contributed by atoms with Gasteiger partial charge in [0.2, 0.25) is 0 Å². The fourth-order valence-electron chi connectivity index (χ4n) is 4.08. The number of carbonyl (C=O) groups excluding carboxylic acids is 1. The zero-order valence-electron chi connectivity index (χ0n) is 21.6. The van der Waals surface area contributed by atoms with Gasteiger partial charge in [0.05, 0.1) is 12.7 Å². The van der Waals surface area contributed by atoms with Crippen molar-refractivity contribution in [2.45, 2.75) is 63.9 Å². The van der Waals surface area contributed by atoms with E-state index in [1.807, 2.05) is 4.98 Å². The molecule has 1 fully saturated rings. The van der Waals surface area contributed by atoms with Crippen molar-refractivity contribution in [3.05, 3.63) is 63.6 Å². The monoisotopic (exact) mass is 568 g/mol.